The Morgan fingerprint density at radius 3 is 2.59 bits per heavy atom. The second-order valence-corrected chi connectivity index (χ2v) is 3.44. The van der Waals surface area contributed by atoms with E-state index in [2.05, 4.69) is 5.32 Å². The van der Waals surface area contributed by atoms with Gasteiger partial charge in [-0.3, -0.25) is 4.79 Å². The Morgan fingerprint density at radius 1 is 1.29 bits per heavy atom. The Kier molecular flexibility index (Phi) is 5.29. The lowest BCUT2D eigenvalue weighted by molar-refractivity contribution is -0.121. The summed E-state index contributed by atoms with van der Waals surface area (Å²) in [5.41, 5.74) is 0.911. The monoisotopic (exact) mass is 239 g/mol. The molecule has 1 aromatic carbocycles. The van der Waals surface area contributed by atoms with Crippen LogP contribution in [0.4, 0.5) is 0 Å². The molecule has 2 N–H and O–H groups in total. The van der Waals surface area contributed by atoms with Gasteiger partial charge in [0.15, 0.2) is 11.5 Å². The predicted octanol–water partition coefficient (Wildman–Crippen LogP) is 0.702. The van der Waals surface area contributed by atoms with E-state index in [0.29, 0.717) is 18.0 Å². The van der Waals surface area contributed by atoms with Gasteiger partial charge in [0.1, 0.15) is 0 Å². The molecular weight excluding hydrogens is 222 g/mol. The van der Waals surface area contributed by atoms with Crippen LogP contribution in [0.1, 0.15) is 12.0 Å². The molecule has 17 heavy (non-hydrogen) atoms. The molecule has 1 amide bonds. The van der Waals surface area contributed by atoms with Crippen molar-refractivity contribution in [3.05, 3.63) is 23.8 Å². The molecule has 0 fully saturated rings. The predicted molar refractivity (Wildman–Crippen MR) is 63.1 cm³/mol. The highest BCUT2D eigenvalue weighted by Gasteiger charge is 2.05. The summed E-state index contributed by atoms with van der Waals surface area (Å²) in [6.45, 7) is 0.261. The molecule has 0 unspecified atom stereocenters. The van der Waals surface area contributed by atoms with Crippen LogP contribution in [0.15, 0.2) is 18.2 Å². The van der Waals surface area contributed by atoms with Gasteiger partial charge in [-0.15, -0.1) is 0 Å². The summed E-state index contributed by atoms with van der Waals surface area (Å²) < 4.78 is 10.3. The van der Waals surface area contributed by atoms with E-state index in [4.69, 9.17) is 14.6 Å². The topological polar surface area (TPSA) is 67.8 Å². The van der Waals surface area contributed by atoms with Crippen molar-refractivity contribution >= 4 is 5.91 Å². The van der Waals surface area contributed by atoms with E-state index >= 15 is 0 Å². The van der Waals surface area contributed by atoms with Crippen LogP contribution < -0.4 is 14.8 Å². The van der Waals surface area contributed by atoms with E-state index in [1.54, 1.807) is 26.4 Å². The van der Waals surface area contributed by atoms with Gasteiger partial charge in [0, 0.05) is 13.0 Å². The highest BCUT2D eigenvalue weighted by atomic mass is 16.5. The number of amides is 1. The van der Waals surface area contributed by atoms with Crippen molar-refractivity contribution < 1.29 is 19.4 Å². The van der Waals surface area contributed by atoms with Crippen molar-refractivity contribution in [2.45, 2.75) is 13.0 Å². The van der Waals surface area contributed by atoms with E-state index < -0.39 is 0 Å². The molecule has 0 aromatic heterocycles. The highest BCUT2D eigenvalue weighted by molar-refractivity contribution is 5.75. The van der Waals surface area contributed by atoms with Crippen LogP contribution in [0.5, 0.6) is 11.5 Å². The molecule has 5 nitrogen and oxygen atoms in total. The third kappa shape index (κ3) is 3.96. The van der Waals surface area contributed by atoms with Crippen LogP contribution in [0, 0.1) is 0 Å². The van der Waals surface area contributed by atoms with E-state index in [0.717, 1.165) is 5.56 Å². The van der Waals surface area contributed by atoms with Crippen molar-refractivity contribution in [3.63, 3.8) is 0 Å². The van der Waals surface area contributed by atoms with Crippen LogP contribution in [0.25, 0.3) is 0 Å². The molecule has 0 saturated carbocycles. The molecule has 0 aliphatic heterocycles. The molecule has 94 valence electrons. The smallest absolute Gasteiger partial charge is 0.222 e. The first kappa shape index (κ1) is 13.3. The first-order valence-corrected chi connectivity index (χ1v) is 5.29. The Labute approximate surface area is 100 Å². The quantitative estimate of drug-likeness (QED) is 0.767. The standard InChI is InChI=1S/C12H17NO4/c1-16-10-4-3-9(7-11(10)17-2)8-13-12(15)5-6-14/h3-4,7,14H,5-6,8H2,1-2H3,(H,13,15). The number of ether oxygens (including phenoxy) is 2. The molecular formula is C12H17NO4. The Bertz CT molecular complexity index is 379. The number of hydrogen-bond donors (Lipinski definition) is 2. The summed E-state index contributed by atoms with van der Waals surface area (Å²) >= 11 is 0. The normalized spacial score (nSPS) is 9.82. The number of aliphatic hydroxyl groups excluding tert-OH is 1. The van der Waals surface area contributed by atoms with Crippen LogP contribution in [0.3, 0.4) is 0 Å². The maximum absolute atomic E-state index is 11.2. The van der Waals surface area contributed by atoms with Crippen molar-refractivity contribution in [2.75, 3.05) is 20.8 Å². The molecule has 0 bridgehead atoms. The largest absolute Gasteiger partial charge is 0.493 e. The van der Waals surface area contributed by atoms with Crippen LogP contribution in [-0.2, 0) is 11.3 Å². The first-order chi connectivity index (χ1) is 8.21. The third-order valence-electron chi connectivity index (χ3n) is 2.28. The third-order valence-corrected chi connectivity index (χ3v) is 2.28. The zero-order valence-corrected chi connectivity index (χ0v) is 10.0. The van der Waals surface area contributed by atoms with E-state index in [-0.39, 0.29) is 18.9 Å². The average Bonchev–Trinajstić information content (AvgIpc) is 2.36. The van der Waals surface area contributed by atoms with Crippen molar-refractivity contribution in [3.8, 4) is 11.5 Å². The number of aliphatic hydroxyl groups is 1. The Balaban J connectivity index is 2.63. The van der Waals surface area contributed by atoms with Crippen LogP contribution in [-0.4, -0.2) is 31.8 Å². The lowest BCUT2D eigenvalue weighted by atomic mass is 10.2. The molecule has 0 saturated heterocycles. The Hall–Kier alpha value is -1.75. The minimum Gasteiger partial charge on any atom is -0.493 e. The second kappa shape index (κ2) is 6.75. The van der Waals surface area contributed by atoms with Gasteiger partial charge >= 0.3 is 0 Å². The molecule has 0 aliphatic rings. The minimum atomic E-state index is -0.178. The summed E-state index contributed by atoms with van der Waals surface area (Å²) in [4.78, 5) is 11.2. The molecule has 0 heterocycles. The van der Waals surface area contributed by atoms with E-state index in [1.807, 2.05) is 6.07 Å². The van der Waals surface area contributed by atoms with Crippen molar-refractivity contribution in [1.29, 1.82) is 0 Å². The first-order valence-electron chi connectivity index (χ1n) is 5.29. The highest BCUT2D eigenvalue weighted by Crippen LogP contribution is 2.27. The van der Waals surface area contributed by atoms with Gasteiger partial charge in [0.25, 0.3) is 0 Å². The molecule has 1 rings (SSSR count). The minimum absolute atomic E-state index is 0.118. The number of benzene rings is 1. The van der Waals surface area contributed by atoms with Gasteiger partial charge in [-0.2, -0.15) is 0 Å². The zero-order valence-electron chi connectivity index (χ0n) is 10.0. The fraction of sp³-hybridized carbons (Fsp3) is 0.417. The van der Waals surface area contributed by atoms with E-state index in [1.165, 1.54) is 0 Å². The second-order valence-electron chi connectivity index (χ2n) is 3.44. The maximum atomic E-state index is 11.2. The number of carbonyl (C=O) groups excluding carboxylic acids is 1. The number of nitrogens with one attached hydrogen (secondary N) is 1. The van der Waals surface area contributed by atoms with Crippen LogP contribution in [0.2, 0.25) is 0 Å². The van der Waals surface area contributed by atoms with Gasteiger partial charge in [-0.05, 0) is 17.7 Å². The summed E-state index contributed by atoms with van der Waals surface area (Å²) in [7, 11) is 3.13. The van der Waals surface area contributed by atoms with Crippen molar-refractivity contribution in [1.82, 2.24) is 5.32 Å². The van der Waals surface area contributed by atoms with Gasteiger partial charge in [0.2, 0.25) is 5.91 Å². The fourth-order valence-corrected chi connectivity index (χ4v) is 1.38. The summed E-state index contributed by atoms with van der Waals surface area (Å²) in [6, 6.07) is 5.44. The Morgan fingerprint density at radius 2 is 2.00 bits per heavy atom. The fourth-order valence-electron chi connectivity index (χ4n) is 1.38. The summed E-state index contributed by atoms with van der Waals surface area (Å²) in [5, 5.41) is 11.3. The lowest BCUT2D eigenvalue weighted by Gasteiger charge is -2.10. The van der Waals surface area contributed by atoms with Gasteiger partial charge in [-0.25, -0.2) is 0 Å². The molecule has 0 radical (unpaired) electrons. The van der Waals surface area contributed by atoms with E-state index in [9.17, 15) is 4.79 Å². The summed E-state index contributed by atoms with van der Waals surface area (Å²) in [5.74, 6) is 1.10. The maximum Gasteiger partial charge on any atom is 0.222 e. The molecule has 5 heteroatoms. The number of methoxy groups -OCH3 is 2. The molecule has 0 spiro atoms. The number of carbonyl (C=O) groups is 1. The molecule has 0 atom stereocenters. The van der Waals surface area contributed by atoms with Crippen molar-refractivity contribution in [2.24, 2.45) is 0 Å². The van der Waals surface area contributed by atoms with Crippen LogP contribution >= 0.6 is 0 Å². The average molecular weight is 239 g/mol. The lowest BCUT2D eigenvalue weighted by Crippen LogP contribution is -2.23. The number of hydrogen-bond acceptors (Lipinski definition) is 4. The SMILES string of the molecule is COc1ccc(CNC(=O)CCO)cc1OC. The molecule has 0 aliphatic carbocycles. The molecule has 1 aromatic rings. The van der Waals surface area contributed by atoms with Gasteiger partial charge < -0.3 is 19.9 Å². The zero-order chi connectivity index (χ0) is 12.7. The van der Waals surface area contributed by atoms with Gasteiger partial charge in [0.05, 0.1) is 20.8 Å². The number of rotatable bonds is 6. The summed E-state index contributed by atoms with van der Waals surface area (Å²) in [6.07, 6.45) is 0.118. The van der Waals surface area contributed by atoms with Gasteiger partial charge in [-0.1, -0.05) is 6.07 Å².